The number of halogens is 2. The Morgan fingerprint density at radius 3 is 2.65 bits per heavy atom. The fraction of sp³-hybridized carbons (Fsp3) is 0.125. The number of hydrogen-bond donors (Lipinski definition) is 1. The monoisotopic (exact) mass is 400 g/mol. The predicted octanol–water partition coefficient (Wildman–Crippen LogP) is 3.37. The highest BCUT2D eigenvalue weighted by molar-refractivity contribution is 9.11. The van der Waals surface area contributed by atoms with E-state index < -0.39 is 10.0 Å². The normalized spacial score (nSPS) is 11.7. The van der Waals surface area contributed by atoms with Crippen molar-refractivity contribution in [3.05, 3.63) is 26.1 Å². The minimum Gasteiger partial charge on any atom is -0.336 e. The average Bonchev–Trinajstić information content (AvgIpc) is 2.80. The van der Waals surface area contributed by atoms with E-state index in [-0.39, 0.29) is 10.1 Å². The Labute approximate surface area is 119 Å². The lowest BCUT2D eigenvalue weighted by Crippen LogP contribution is -2.11. The molecule has 1 N–H and O–H groups in total. The minimum absolute atomic E-state index is 0.0720. The van der Waals surface area contributed by atoms with Crippen LogP contribution in [0.3, 0.4) is 0 Å². The molecule has 0 fully saturated rings. The van der Waals surface area contributed by atoms with Crippen molar-refractivity contribution in [1.29, 1.82) is 0 Å². The van der Waals surface area contributed by atoms with Crippen LogP contribution in [-0.2, 0) is 10.0 Å². The zero-order chi connectivity index (χ0) is 12.6. The molecule has 0 aliphatic heterocycles. The largest absolute Gasteiger partial charge is 0.336 e. The average molecular weight is 402 g/mol. The van der Waals surface area contributed by atoms with Crippen molar-refractivity contribution in [2.45, 2.75) is 11.1 Å². The van der Waals surface area contributed by atoms with Gasteiger partial charge in [0.15, 0.2) is 4.21 Å². The van der Waals surface area contributed by atoms with Gasteiger partial charge in [-0.15, -0.1) is 11.3 Å². The first-order valence-electron chi connectivity index (χ1n) is 4.29. The smallest absolute Gasteiger partial charge is 0.274 e. The van der Waals surface area contributed by atoms with E-state index in [0.717, 1.165) is 11.3 Å². The number of nitrogens with zero attached hydrogens (tertiary/aromatic N) is 1. The molecule has 9 heteroatoms. The van der Waals surface area contributed by atoms with Gasteiger partial charge in [0.05, 0.1) is 5.69 Å². The number of anilines is 1. The van der Waals surface area contributed by atoms with Crippen LogP contribution in [0.2, 0.25) is 0 Å². The lowest BCUT2D eigenvalue weighted by atomic mass is 10.5. The molecule has 2 aromatic heterocycles. The molecule has 0 saturated heterocycles. The van der Waals surface area contributed by atoms with Crippen LogP contribution in [0.4, 0.5) is 5.88 Å². The molecule has 0 spiro atoms. The highest BCUT2D eigenvalue weighted by Gasteiger charge is 2.23. The van der Waals surface area contributed by atoms with Gasteiger partial charge in [0.2, 0.25) is 0 Å². The number of hydrogen-bond acceptors (Lipinski definition) is 5. The van der Waals surface area contributed by atoms with Gasteiger partial charge in [-0.25, -0.2) is 13.1 Å². The Morgan fingerprint density at radius 2 is 2.18 bits per heavy atom. The van der Waals surface area contributed by atoms with Gasteiger partial charge in [0.25, 0.3) is 15.9 Å². The quantitative estimate of drug-likeness (QED) is 0.855. The Balaban J connectivity index is 2.37. The SMILES string of the molecule is Cc1noc(NS(=O)(=O)c2sccc2Br)c1Br. The first kappa shape index (κ1) is 13.1. The molecule has 2 aromatic rings. The van der Waals surface area contributed by atoms with Gasteiger partial charge in [-0.1, -0.05) is 5.16 Å². The van der Waals surface area contributed by atoms with E-state index >= 15 is 0 Å². The van der Waals surface area contributed by atoms with Crippen LogP contribution in [0.25, 0.3) is 0 Å². The van der Waals surface area contributed by atoms with E-state index in [1.165, 1.54) is 0 Å². The van der Waals surface area contributed by atoms with Crippen molar-refractivity contribution in [2.75, 3.05) is 4.72 Å². The Hall–Kier alpha value is -0.380. The van der Waals surface area contributed by atoms with Gasteiger partial charge in [-0.05, 0) is 50.2 Å². The molecule has 0 atom stereocenters. The number of sulfonamides is 1. The molecule has 0 saturated carbocycles. The summed E-state index contributed by atoms with van der Waals surface area (Å²) in [6.07, 6.45) is 0. The van der Waals surface area contributed by atoms with Crippen molar-refractivity contribution in [3.63, 3.8) is 0 Å². The second kappa shape index (κ2) is 4.71. The molecule has 2 heterocycles. The maximum atomic E-state index is 12.0. The van der Waals surface area contributed by atoms with Crippen molar-refractivity contribution < 1.29 is 12.9 Å². The van der Waals surface area contributed by atoms with Crippen LogP contribution < -0.4 is 4.72 Å². The molecular weight excluding hydrogens is 396 g/mol. The van der Waals surface area contributed by atoms with Crippen LogP contribution >= 0.6 is 43.2 Å². The van der Waals surface area contributed by atoms with Gasteiger partial charge in [-0.2, -0.15) is 0 Å². The molecule has 2 rings (SSSR count). The predicted molar refractivity (Wildman–Crippen MR) is 71.8 cm³/mol. The van der Waals surface area contributed by atoms with E-state index in [9.17, 15) is 8.42 Å². The number of thiophene rings is 1. The summed E-state index contributed by atoms with van der Waals surface area (Å²) in [6.45, 7) is 1.70. The fourth-order valence-corrected chi connectivity index (χ4v) is 4.77. The maximum absolute atomic E-state index is 12.0. The van der Waals surface area contributed by atoms with Crippen LogP contribution in [0.15, 0.2) is 29.1 Å². The van der Waals surface area contributed by atoms with Crippen molar-refractivity contribution in [3.8, 4) is 0 Å². The molecule has 0 aliphatic carbocycles. The van der Waals surface area contributed by atoms with Gasteiger partial charge in [0.1, 0.15) is 4.47 Å². The fourth-order valence-electron chi connectivity index (χ4n) is 1.06. The zero-order valence-electron chi connectivity index (χ0n) is 8.40. The van der Waals surface area contributed by atoms with E-state index in [1.54, 1.807) is 18.4 Å². The Morgan fingerprint density at radius 1 is 1.47 bits per heavy atom. The van der Waals surface area contributed by atoms with Crippen molar-refractivity contribution in [2.24, 2.45) is 0 Å². The third kappa shape index (κ3) is 2.56. The molecule has 0 amide bonds. The van der Waals surface area contributed by atoms with Crippen molar-refractivity contribution in [1.82, 2.24) is 5.16 Å². The second-order valence-corrected chi connectivity index (χ2v) is 7.51. The van der Waals surface area contributed by atoms with Gasteiger partial charge < -0.3 is 4.52 Å². The van der Waals surface area contributed by atoms with E-state index in [1.807, 2.05) is 0 Å². The van der Waals surface area contributed by atoms with E-state index in [2.05, 4.69) is 41.7 Å². The first-order chi connectivity index (χ1) is 7.92. The summed E-state index contributed by atoms with van der Waals surface area (Å²) in [5.41, 5.74) is 0.577. The number of rotatable bonds is 3. The molecule has 17 heavy (non-hydrogen) atoms. The topological polar surface area (TPSA) is 72.2 Å². The summed E-state index contributed by atoms with van der Waals surface area (Å²) in [5.74, 6) is 0.0720. The molecule has 0 radical (unpaired) electrons. The molecule has 5 nitrogen and oxygen atoms in total. The summed E-state index contributed by atoms with van der Waals surface area (Å²) in [5, 5.41) is 5.33. The van der Waals surface area contributed by atoms with Gasteiger partial charge in [-0.3, -0.25) is 0 Å². The lowest BCUT2D eigenvalue weighted by Gasteiger charge is -2.03. The summed E-state index contributed by atoms with van der Waals surface area (Å²) in [4.78, 5) is 0. The molecule has 0 aromatic carbocycles. The molecule has 0 bridgehead atoms. The van der Waals surface area contributed by atoms with Crippen molar-refractivity contribution >= 4 is 59.1 Å². The first-order valence-corrected chi connectivity index (χ1v) is 8.24. The van der Waals surface area contributed by atoms with Crippen LogP contribution in [-0.4, -0.2) is 13.6 Å². The molecule has 0 unspecified atom stereocenters. The highest BCUT2D eigenvalue weighted by atomic mass is 79.9. The Kier molecular flexibility index (Phi) is 3.62. The standard InChI is InChI=1S/C8H6Br2N2O3S2/c1-4-6(10)7(15-11-4)12-17(13,14)8-5(9)2-3-16-8/h2-3,12H,1H3. The van der Waals surface area contributed by atoms with E-state index in [0.29, 0.717) is 14.6 Å². The third-order valence-electron chi connectivity index (χ3n) is 1.85. The van der Waals surface area contributed by atoms with Gasteiger partial charge >= 0.3 is 0 Å². The number of aromatic nitrogens is 1. The van der Waals surface area contributed by atoms with Gasteiger partial charge in [0, 0.05) is 4.47 Å². The Bertz CT molecular complexity index is 648. The molecule has 92 valence electrons. The minimum atomic E-state index is -3.65. The molecular formula is C8H6Br2N2O3S2. The number of aryl methyl sites for hydroxylation is 1. The summed E-state index contributed by atoms with van der Waals surface area (Å²) >= 11 is 7.48. The summed E-state index contributed by atoms with van der Waals surface area (Å²) in [6, 6.07) is 1.67. The lowest BCUT2D eigenvalue weighted by molar-refractivity contribution is 0.430. The van der Waals surface area contributed by atoms with E-state index in [4.69, 9.17) is 4.52 Å². The maximum Gasteiger partial charge on any atom is 0.274 e. The van der Waals surface area contributed by atoms with Crippen LogP contribution in [0.1, 0.15) is 5.69 Å². The second-order valence-electron chi connectivity index (χ2n) is 3.07. The third-order valence-corrected chi connectivity index (χ3v) is 6.78. The molecule has 0 aliphatic rings. The van der Waals surface area contributed by atoms with Crippen LogP contribution in [0, 0.1) is 6.92 Å². The number of nitrogens with one attached hydrogen (secondary N) is 1. The highest BCUT2D eigenvalue weighted by Crippen LogP contribution is 2.32. The zero-order valence-corrected chi connectivity index (χ0v) is 13.2. The summed E-state index contributed by atoms with van der Waals surface area (Å²) < 4.78 is 32.4. The summed E-state index contributed by atoms with van der Waals surface area (Å²) in [7, 11) is -3.65. The van der Waals surface area contributed by atoms with Crippen LogP contribution in [0.5, 0.6) is 0 Å².